The standard InChI is InChI=1S/C23H31N3OS2/c1-25(2)11-13-28-15-17-7-5-9-19-21(17)24-22-18(16-29-14-12-26(3)4)8-6-10-20(22)23(19)27/h5-10H,11-16H2,1-4H3,(H,24,27). The first kappa shape index (κ1) is 22.2. The summed E-state index contributed by atoms with van der Waals surface area (Å²) in [5, 5.41) is 1.58. The third kappa shape index (κ3) is 5.79. The molecule has 0 spiro atoms. The number of pyridine rings is 1. The molecule has 0 radical (unpaired) electrons. The summed E-state index contributed by atoms with van der Waals surface area (Å²) in [7, 11) is 8.39. The highest BCUT2D eigenvalue weighted by molar-refractivity contribution is 7.98. The van der Waals surface area contributed by atoms with Crippen molar-refractivity contribution in [1.29, 1.82) is 0 Å². The lowest BCUT2D eigenvalue weighted by atomic mass is 10.0. The molecule has 0 atom stereocenters. The molecule has 156 valence electrons. The van der Waals surface area contributed by atoms with Crippen LogP contribution < -0.4 is 5.43 Å². The van der Waals surface area contributed by atoms with Gasteiger partial charge in [0.1, 0.15) is 0 Å². The molecule has 1 aromatic heterocycles. The Bertz CT molecular complexity index is 937. The fourth-order valence-electron chi connectivity index (χ4n) is 3.24. The summed E-state index contributed by atoms with van der Waals surface area (Å²) in [6.07, 6.45) is 0. The van der Waals surface area contributed by atoms with Crippen LogP contribution in [0, 0.1) is 0 Å². The molecule has 1 heterocycles. The first-order valence-corrected chi connectivity index (χ1v) is 12.3. The van der Waals surface area contributed by atoms with Gasteiger partial charge in [0.05, 0.1) is 11.0 Å². The van der Waals surface area contributed by atoms with E-state index in [9.17, 15) is 4.79 Å². The molecule has 0 aliphatic heterocycles. The quantitative estimate of drug-likeness (QED) is 0.385. The predicted molar refractivity (Wildman–Crippen MR) is 132 cm³/mol. The average Bonchev–Trinajstić information content (AvgIpc) is 2.69. The van der Waals surface area contributed by atoms with Crippen molar-refractivity contribution in [3.8, 4) is 0 Å². The average molecular weight is 430 g/mol. The van der Waals surface area contributed by atoms with Crippen LogP contribution in [0.4, 0.5) is 0 Å². The van der Waals surface area contributed by atoms with Crippen molar-refractivity contribution in [3.05, 3.63) is 57.7 Å². The zero-order valence-corrected chi connectivity index (χ0v) is 19.5. The number of para-hydroxylation sites is 2. The summed E-state index contributed by atoms with van der Waals surface area (Å²) in [5.41, 5.74) is 4.54. The fourth-order valence-corrected chi connectivity index (χ4v) is 5.44. The van der Waals surface area contributed by atoms with E-state index in [1.165, 1.54) is 11.1 Å². The van der Waals surface area contributed by atoms with Gasteiger partial charge in [-0.15, -0.1) is 0 Å². The van der Waals surface area contributed by atoms with Gasteiger partial charge in [0.2, 0.25) is 0 Å². The summed E-state index contributed by atoms with van der Waals surface area (Å²) < 4.78 is 0. The first-order valence-electron chi connectivity index (χ1n) is 9.98. The monoisotopic (exact) mass is 429 g/mol. The normalized spacial score (nSPS) is 11.9. The molecule has 0 saturated carbocycles. The summed E-state index contributed by atoms with van der Waals surface area (Å²) in [4.78, 5) is 21.2. The minimum atomic E-state index is 0.133. The molecular formula is C23H31N3OS2. The number of nitrogens with one attached hydrogen (secondary N) is 1. The first-order chi connectivity index (χ1) is 14.0. The Morgan fingerprint density at radius 1 is 0.759 bits per heavy atom. The van der Waals surface area contributed by atoms with Crippen molar-refractivity contribution in [3.63, 3.8) is 0 Å². The number of aromatic amines is 1. The molecule has 0 fully saturated rings. The Morgan fingerprint density at radius 3 is 1.62 bits per heavy atom. The SMILES string of the molecule is CN(C)CCSCc1cccc2c(=O)c3cccc(CSCCN(C)C)c3[nH]c12. The van der Waals surface area contributed by atoms with Gasteiger partial charge in [0.15, 0.2) is 5.43 Å². The third-order valence-corrected chi connectivity index (χ3v) is 6.89. The smallest absolute Gasteiger partial charge is 0.197 e. The highest BCUT2D eigenvalue weighted by Gasteiger charge is 2.11. The molecule has 1 N–H and O–H groups in total. The van der Waals surface area contributed by atoms with E-state index >= 15 is 0 Å². The number of fused-ring (bicyclic) bond motifs is 2. The van der Waals surface area contributed by atoms with E-state index in [1.54, 1.807) is 0 Å². The Hall–Kier alpha value is -1.47. The lowest BCUT2D eigenvalue weighted by Gasteiger charge is -2.13. The molecule has 0 bridgehead atoms. The Morgan fingerprint density at radius 2 is 1.21 bits per heavy atom. The van der Waals surface area contributed by atoms with Crippen LogP contribution >= 0.6 is 23.5 Å². The molecular weight excluding hydrogens is 398 g/mol. The van der Waals surface area contributed by atoms with Crippen LogP contribution in [0.3, 0.4) is 0 Å². The van der Waals surface area contributed by atoms with Gasteiger partial charge in [0, 0.05) is 46.9 Å². The number of H-pyrrole nitrogens is 1. The molecule has 29 heavy (non-hydrogen) atoms. The van der Waals surface area contributed by atoms with Crippen LogP contribution in [0.15, 0.2) is 41.2 Å². The third-order valence-electron chi connectivity index (χ3n) is 4.92. The van der Waals surface area contributed by atoms with Crippen LogP contribution in [0.25, 0.3) is 21.8 Å². The van der Waals surface area contributed by atoms with Gasteiger partial charge in [-0.2, -0.15) is 23.5 Å². The van der Waals surface area contributed by atoms with E-state index in [4.69, 9.17) is 0 Å². The summed E-state index contributed by atoms with van der Waals surface area (Å²) in [5.74, 6) is 3.97. The Balaban J connectivity index is 1.92. The number of benzene rings is 2. The Kier molecular flexibility index (Phi) is 8.07. The van der Waals surface area contributed by atoms with Crippen LogP contribution in [0.5, 0.6) is 0 Å². The van der Waals surface area contributed by atoms with Crippen molar-refractivity contribution in [1.82, 2.24) is 14.8 Å². The van der Waals surface area contributed by atoms with Gasteiger partial charge in [-0.25, -0.2) is 0 Å². The number of nitrogens with zero attached hydrogens (tertiary/aromatic N) is 2. The number of aromatic nitrogens is 1. The van der Waals surface area contributed by atoms with Crippen molar-refractivity contribution < 1.29 is 0 Å². The molecule has 3 rings (SSSR count). The van der Waals surface area contributed by atoms with Crippen LogP contribution in [-0.2, 0) is 11.5 Å². The van der Waals surface area contributed by atoms with Crippen molar-refractivity contribution in [2.75, 3.05) is 52.8 Å². The molecule has 3 aromatic rings. The largest absolute Gasteiger partial charge is 0.354 e. The van der Waals surface area contributed by atoms with E-state index in [2.05, 4.69) is 55.1 Å². The highest BCUT2D eigenvalue weighted by atomic mass is 32.2. The van der Waals surface area contributed by atoms with Crippen molar-refractivity contribution in [2.24, 2.45) is 0 Å². The molecule has 6 heteroatoms. The second kappa shape index (κ2) is 10.5. The van der Waals surface area contributed by atoms with E-state index < -0.39 is 0 Å². The van der Waals surface area contributed by atoms with E-state index in [0.29, 0.717) is 0 Å². The van der Waals surface area contributed by atoms with E-state index in [-0.39, 0.29) is 5.43 Å². The number of hydrogen-bond acceptors (Lipinski definition) is 5. The fraction of sp³-hybridized carbons (Fsp3) is 0.435. The lowest BCUT2D eigenvalue weighted by Crippen LogP contribution is -2.15. The number of thioether (sulfide) groups is 2. The summed E-state index contributed by atoms with van der Waals surface area (Å²) in [6, 6.07) is 12.2. The van der Waals surface area contributed by atoms with Gasteiger partial charge >= 0.3 is 0 Å². The number of hydrogen-bond donors (Lipinski definition) is 1. The van der Waals surface area contributed by atoms with Crippen LogP contribution in [-0.4, -0.2) is 67.6 Å². The topological polar surface area (TPSA) is 39.3 Å². The molecule has 0 saturated heterocycles. The molecule has 0 unspecified atom stereocenters. The van der Waals surface area contributed by atoms with Crippen molar-refractivity contribution in [2.45, 2.75) is 11.5 Å². The minimum absolute atomic E-state index is 0.133. The minimum Gasteiger partial charge on any atom is -0.354 e. The maximum atomic E-state index is 13.2. The molecule has 4 nitrogen and oxygen atoms in total. The maximum absolute atomic E-state index is 13.2. The van der Waals surface area contributed by atoms with E-state index in [1.807, 2.05) is 47.8 Å². The van der Waals surface area contributed by atoms with Gasteiger partial charge in [0.25, 0.3) is 0 Å². The van der Waals surface area contributed by atoms with Gasteiger partial charge < -0.3 is 14.8 Å². The summed E-state index contributed by atoms with van der Waals surface area (Å²) in [6.45, 7) is 2.12. The van der Waals surface area contributed by atoms with Crippen LogP contribution in [0.2, 0.25) is 0 Å². The van der Waals surface area contributed by atoms with E-state index in [0.717, 1.165) is 57.9 Å². The molecule has 0 amide bonds. The maximum Gasteiger partial charge on any atom is 0.197 e. The zero-order valence-electron chi connectivity index (χ0n) is 17.8. The zero-order chi connectivity index (χ0) is 20.8. The molecule has 2 aromatic carbocycles. The van der Waals surface area contributed by atoms with Crippen molar-refractivity contribution >= 4 is 45.3 Å². The van der Waals surface area contributed by atoms with Gasteiger partial charge in [-0.3, -0.25) is 4.79 Å². The molecule has 0 aliphatic carbocycles. The Labute approximate surface area is 182 Å². The second-order valence-electron chi connectivity index (χ2n) is 7.85. The molecule has 0 aliphatic rings. The number of rotatable bonds is 10. The highest BCUT2D eigenvalue weighted by Crippen LogP contribution is 2.25. The second-order valence-corrected chi connectivity index (χ2v) is 10.1. The van der Waals surface area contributed by atoms with Gasteiger partial charge in [-0.05, 0) is 51.5 Å². The lowest BCUT2D eigenvalue weighted by molar-refractivity contribution is 0.437. The predicted octanol–water partition coefficient (Wildman–Crippen LogP) is 4.27. The van der Waals surface area contributed by atoms with Gasteiger partial charge in [-0.1, -0.05) is 24.3 Å². The van der Waals surface area contributed by atoms with Crippen LogP contribution in [0.1, 0.15) is 11.1 Å². The summed E-state index contributed by atoms with van der Waals surface area (Å²) >= 11 is 3.82.